The number of ether oxygens (including phenoxy) is 1. The average molecular weight is 255 g/mol. The van der Waals surface area contributed by atoms with E-state index in [1.807, 2.05) is 0 Å². The topological polar surface area (TPSA) is 58.6 Å². The monoisotopic (exact) mass is 255 g/mol. The van der Waals surface area contributed by atoms with Crippen LogP contribution in [0.2, 0.25) is 0 Å². The van der Waals surface area contributed by atoms with E-state index in [1.165, 1.54) is 6.42 Å². The van der Waals surface area contributed by atoms with Gasteiger partial charge in [0.05, 0.1) is 6.10 Å². The van der Waals surface area contributed by atoms with E-state index in [4.69, 9.17) is 4.74 Å². The third-order valence-corrected chi connectivity index (χ3v) is 4.02. The third-order valence-electron chi connectivity index (χ3n) is 4.02. The lowest BCUT2D eigenvalue weighted by Gasteiger charge is -2.38. The van der Waals surface area contributed by atoms with Crippen molar-refractivity contribution in [3.8, 4) is 0 Å². The van der Waals surface area contributed by atoms with E-state index in [1.54, 1.807) is 0 Å². The van der Waals surface area contributed by atoms with Gasteiger partial charge in [0.1, 0.15) is 12.1 Å². The van der Waals surface area contributed by atoms with Crippen LogP contribution < -0.4 is 5.32 Å². The largest absolute Gasteiger partial charge is 0.461 e. The zero-order valence-electron chi connectivity index (χ0n) is 11.6. The Morgan fingerprint density at radius 1 is 1.33 bits per heavy atom. The number of carbonyl (C=O) groups excluding carboxylic acids is 1. The Morgan fingerprint density at radius 3 is 2.61 bits per heavy atom. The van der Waals surface area contributed by atoms with Gasteiger partial charge in [-0.1, -0.05) is 20.8 Å². The summed E-state index contributed by atoms with van der Waals surface area (Å²) in [6, 6.07) is -0.319. The Morgan fingerprint density at radius 2 is 2.06 bits per heavy atom. The molecule has 2 aliphatic rings. The lowest BCUT2D eigenvalue weighted by atomic mass is 9.71. The van der Waals surface area contributed by atoms with Gasteiger partial charge < -0.3 is 15.2 Å². The van der Waals surface area contributed by atoms with E-state index in [-0.39, 0.29) is 23.5 Å². The lowest BCUT2D eigenvalue weighted by molar-refractivity contribution is -0.155. The van der Waals surface area contributed by atoms with Crippen LogP contribution in [0.3, 0.4) is 0 Å². The van der Waals surface area contributed by atoms with Gasteiger partial charge in [0.25, 0.3) is 0 Å². The van der Waals surface area contributed by atoms with Gasteiger partial charge in [-0.15, -0.1) is 0 Å². The quantitative estimate of drug-likeness (QED) is 0.734. The van der Waals surface area contributed by atoms with Gasteiger partial charge in [0, 0.05) is 13.0 Å². The van der Waals surface area contributed by atoms with Gasteiger partial charge in [-0.3, -0.25) is 4.79 Å². The molecule has 0 amide bonds. The molecule has 2 rings (SSSR count). The molecule has 18 heavy (non-hydrogen) atoms. The van der Waals surface area contributed by atoms with Gasteiger partial charge in [0.15, 0.2) is 0 Å². The Kier molecular flexibility index (Phi) is 3.97. The number of esters is 1. The van der Waals surface area contributed by atoms with E-state index >= 15 is 0 Å². The van der Waals surface area contributed by atoms with Crippen molar-refractivity contribution < 1.29 is 14.6 Å². The molecule has 4 nitrogen and oxygen atoms in total. The first kappa shape index (κ1) is 13.8. The summed E-state index contributed by atoms with van der Waals surface area (Å²) in [6.45, 7) is 7.19. The molecule has 2 unspecified atom stereocenters. The van der Waals surface area contributed by atoms with E-state index < -0.39 is 6.10 Å². The predicted octanol–water partition coefficient (Wildman–Crippen LogP) is 1.47. The summed E-state index contributed by atoms with van der Waals surface area (Å²) in [4.78, 5) is 12.0. The SMILES string of the molecule is CC1CC(OC(=O)[C@@H]2C[C@@H](O)CN2)CC(C)(C)C1. The summed E-state index contributed by atoms with van der Waals surface area (Å²) in [6.07, 6.45) is 3.20. The van der Waals surface area contributed by atoms with Crippen molar-refractivity contribution in [1.82, 2.24) is 5.32 Å². The number of hydrogen-bond acceptors (Lipinski definition) is 4. The van der Waals surface area contributed by atoms with E-state index in [0.717, 1.165) is 12.8 Å². The van der Waals surface area contributed by atoms with Crippen molar-refractivity contribution in [2.24, 2.45) is 11.3 Å². The van der Waals surface area contributed by atoms with Gasteiger partial charge in [0.2, 0.25) is 0 Å². The first-order valence-electron chi connectivity index (χ1n) is 6.98. The number of nitrogens with one attached hydrogen (secondary N) is 1. The molecular weight excluding hydrogens is 230 g/mol. The number of β-amino-alcohol motifs (C(OH)–C–C–N with tert-alkyl or cyclic N) is 1. The fraction of sp³-hybridized carbons (Fsp3) is 0.929. The fourth-order valence-corrected chi connectivity index (χ4v) is 3.49. The Balaban J connectivity index is 1.87. The minimum atomic E-state index is -0.413. The highest BCUT2D eigenvalue weighted by Gasteiger charge is 2.36. The Labute approximate surface area is 109 Å². The average Bonchev–Trinajstić information content (AvgIpc) is 2.61. The maximum atomic E-state index is 12.0. The highest BCUT2D eigenvalue weighted by atomic mass is 16.5. The highest BCUT2D eigenvalue weighted by Crippen LogP contribution is 2.39. The molecule has 1 saturated carbocycles. The Bertz CT molecular complexity index is 316. The number of rotatable bonds is 2. The fourth-order valence-electron chi connectivity index (χ4n) is 3.49. The maximum absolute atomic E-state index is 12.0. The molecule has 104 valence electrons. The van der Waals surface area contributed by atoms with Gasteiger partial charge in [-0.2, -0.15) is 0 Å². The molecule has 2 N–H and O–H groups in total. The van der Waals surface area contributed by atoms with Crippen molar-refractivity contribution in [2.45, 2.75) is 64.7 Å². The molecule has 1 heterocycles. The third kappa shape index (κ3) is 3.45. The first-order chi connectivity index (χ1) is 8.35. The molecule has 0 aromatic heterocycles. The predicted molar refractivity (Wildman–Crippen MR) is 69.1 cm³/mol. The molecule has 2 fully saturated rings. The molecule has 4 atom stereocenters. The van der Waals surface area contributed by atoms with E-state index in [0.29, 0.717) is 18.9 Å². The highest BCUT2D eigenvalue weighted by molar-refractivity contribution is 5.76. The molecule has 4 heteroatoms. The van der Waals surface area contributed by atoms with Crippen LogP contribution in [0.1, 0.15) is 46.5 Å². The van der Waals surface area contributed by atoms with Crippen molar-refractivity contribution in [1.29, 1.82) is 0 Å². The second-order valence-corrected chi connectivity index (χ2v) is 6.82. The summed E-state index contributed by atoms with van der Waals surface area (Å²) in [5.74, 6) is 0.412. The number of aliphatic hydroxyl groups is 1. The first-order valence-corrected chi connectivity index (χ1v) is 6.98. The zero-order chi connectivity index (χ0) is 13.3. The summed E-state index contributed by atoms with van der Waals surface area (Å²) in [5.41, 5.74) is 0.255. The van der Waals surface area contributed by atoms with Crippen molar-refractivity contribution >= 4 is 5.97 Å². The summed E-state index contributed by atoms with van der Waals surface area (Å²) in [7, 11) is 0. The van der Waals surface area contributed by atoms with Crippen LogP contribution in [-0.2, 0) is 9.53 Å². The van der Waals surface area contributed by atoms with Crippen LogP contribution in [0.4, 0.5) is 0 Å². The second kappa shape index (κ2) is 5.17. The summed E-state index contributed by atoms with van der Waals surface area (Å²) < 4.78 is 5.62. The van der Waals surface area contributed by atoms with Crippen molar-refractivity contribution in [2.75, 3.05) is 6.54 Å². The van der Waals surface area contributed by atoms with Crippen molar-refractivity contribution in [3.63, 3.8) is 0 Å². The lowest BCUT2D eigenvalue weighted by Crippen LogP contribution is -2.39. The smallest absolute Gasteiger partial charge is 0.323 e. The normalized spacial score (nSPS) is 39.6. The van der Waals surface area contributed by atoms with Crippen LogP contribution in [-0.4, -0.2) is 35.9 Å². The van der Waals surface area contributed by atoms with Crippen LogP contribution in [0.15, 0.2) is 0 Å². The van der Waals surface area contributed by atoms with Gasteiger partial charge >= 0.3 is 5.97 Å². The zero-order valence-corrected chi connectivity index (χ0v) is 11.6. The molecule has 1 aliphatic heterocycles. The minimum absolute atomic E-state index is 0.0378. The maximum Gasteiger partial charge on any atom is 0.323 e. The molecule has 0 radical (unpaired) electrons. The van der Waals surface area contributed by atoms with Crippen molar-refractivity contribution in [3.05, 3.63) is 0 Å². The molecule has 1 aliphatic carbocycles. The number of aliphatic hydroxyl groups excluding tert-OH is 1. The van der Waals surface area contributed by atoms with Crippen LogP contribution in [0, 0.1) is 11.3 Å². The number of carbonyl (C=O) groups is 1. The number of hydrogen-bond donors (Lipinski definition) is 2. The molecular formula is C14H25NO3. The minimum Gasteiger partial charge on any atom is -0.461 e. The molecule has 0 aromatic rings. The molecule has 0 spiro atoms. The van der Waals surface area contributed by atoms with Crippen LogP contribution >= 0.6 is 0 Å². The molecule has 0 aromatic carbocycles. The van der Waals surface area contributed by atoms with Gasteiger partial charge in [-0.25, -0.2) is 0 Å². The molecule has 0 bridgehead atoms. The standard InChI is InChI=1S/C14H25NO3/c1-9-4-11(7-14(2,3)6-9)18-13(17)12-5-10(16)8-15-12/h9-12,15-16H,4-8H2,1-3H3/t9?,10-,11?,12+/m1/s1. The second-order valence-electron chi connectivity index (χ2n) is 6.82. The molecule has 1 saturated heterocycles. The van der Waals surface area contributed by atoms with Gasteiger partial charge in [-0.05, 0) is 30.6 Å². The summed E-state index contributed by atoms with van der Waals surface area (Å²) in [5, 5.41) is 12.4. The van der Waals surface area contributed by atoms with Crippen LogP contribution in [0.5, 0.6) is 0 Å². The van der Waals surface area contributed by atoms with E-state index in [2.05, 4.69) is 26.1 Å². The summed E-state index contributed by atoms with van der Waals surface area (Å²) >= 11 is 0. The van der Waals surface area contributed by atoms with Crippen LogP contribution in [0.25, 0.3) is 0 Å². The Hall–Kier alpha value is -0.610. The van der Waals surface area contributed by atoms with E-state index in [9.17, 15) is 9.90 Å².